The maximum atomic E-state index is 13.3. The lowest BCUT2D eigenvalue weighted by molar-refractivity contribution is 0.0170. The van der Waals surface area contributed by atoms with Crippen molar-refractivity contribution in [2.75, 3.05) is 32.8 Å². The topological polar surface area (TPSA) is 53.6 Å². The molecule has 1 saturated heterocycles. The molecule has 0 aromatic heterocycles. The third-order valence-corrected chi connectivity index (χ3v) is 5.39. The highest BCUT2D eigenvalue weighted by atomic mass is 35.5. The average molecular weight is 456 g/mol. The van der Waals surface area contributed by atoms with Crippen molar-refractivity contribution in [3.05, 3.63) is 69.5 Å². The fraction of sp³-hybridized carbons (Fsp3) is 0.300. The first-order valence-electron chi connectivity index (χ1n) is 9.05. The first kappa shape index (κ1) is 21.9. The van der Waals surface area contributed by atoms with Gasteiger partial charge in [0.15, 0.2) is 5.11 Å². The molecule has 2 aromatic rings. The van der Waals surface area contributed by atoms with Gasteiger partial charge in [-0.1, -0.05) is 35.3 Å². The molecule has 0 radical (unpaired) electrons. The zero-order valence-corrected chi connectivity index (χ0v) is 17.8. The van der Waals surface area contributed by atoms with E-state index in [1.54, 1.807) is 18.2 Å². The molecule has 9 heteroatoms. The van der Waals surface area contributed by atoms with Crippen LogP contribution in [0.5, 0.6) is 0 Å². The predicted molar refractivity (Wildman–Crippen MR) is 116 cm³/mol. The van der Waals surface area contributed by atoms with Crippen LogP contribution in [0.1, 0.15) is 22.0 Å². The van der Waals surface area contributed by atoms with Crippen LogP contribution in [0.4, 0.5) is 4.39 Å². The van der Waals surface area contributed by atoms with E-state index in [9.17, 15) is 9.18 Å². The van der Waals surface area contributed by atoms with E-state index >= 15 is 0 Å². The normalized spacial score (nSPS) is 15.6. The molecule has 1 aliphatic rings. The van der Waals surface area contributed by atoms with E-state index in [0.29, 0.717) is 24.8 Å². The fourth-order valence-electron chi connectivity index (χ4n) is 3.11. The molecular weight excluding hydrogens is 436 g/mol. The van der Waals surface area contributed by atoms with Crippen LogP contribution in [0.15, 0.2) is 42.5 Å². The summed E-state index contributed by atoms with van der Waals surface area (Å²) in [5.41, 5.74) is 1.24. The molecule has 1 heterocycles. The number of thiocarbonyl (C=S) groups is 1. The highest BCUT2D eigenvalue weighted by Gasteiger charge is 2.23. The predicted octanol–water partition coefficient (Wildman–Crippen LogP) is 3.81. The van der Waals surface area contributed by atoms with Crippen molar-refractivity contribution in [1.29, 1.82) is 0 Å². The van der Waals surface area contributed by atoms with E-state index in [1.165, 1.54) is 24.3 Å². The Kier molecular flexibility index (Phi) is 7.80. The minimum absolute atomic E-state index is 0.0477. The van der Waals surface area contributed by atoms with Gasteiger partial charge in [0.2, 0.25) is 0 Å². The molecule has 1 fully saturated rings. The highest BCUT2D eigenvalue weighted by molar-refractivity contribution is 7.80. The first-order valence-corrected chi connectivity index (χ1v) is 10.2. The van der Waals surface area contributed by atoms with Crippen molar-refractivity contribution in [3.63, 3.8) is 0 Å². The molecule has 2 aromatic carbocycles. The zero-order valence-electron chi connectivity index (χ0n) is 15.5. The second kappa shape index (κ2) is 10.3. The Bertz CT molecular complexity index is 877. The van der Waals surface area contributed by atoms with Crippen molar-refractivity contribution in [1.82, 2.24) is 15.5 Å². The van der Waals surface area contributed by atoms with Crippen molar-refractivity contribution >= 4 is 46.4 Å². The molecule has 2 N–H and O–H groups in total. The van der Waals surface area contributed by atoms with Crippen LogP contribution in [-0.2, 0) is 4.74 Å². The molecule has 1 atom stereocenters. The summed E-state index contributed by atoms with van der Waals surface area (Å²) in [5.74, 6) is -0.709. The van der Waals surface area contributed by atoms with Gasteiger partial charge in [-0.15, -0.1) is 0 Å². The first-order chi connectivity index (χ1) is 13.9. The number of morpholine rings is 1. The minimum Gasteiger partial charge on any atom is -0.379 e. The molecule has 0 spiro atoms. The number of nitrogens with zero attached hydrogens (tertiary/aromatic N) is 1. The van der Waals surface area contributed by atoms with Crippen LogP contribution in [0.25, 0.3) is 0 Å². The molecular formula is C20H20Cl2FN3O2S. The van der Waals surface area contributed by atoms with Crippen molar-refractivity contribution in [2.24, 2.45) is 0 Å². The fourth-order valence-corrected chi connectivity index (χ4v) is 3.78. The molecule has 0 saturated carbocycles. The smallest absolute Gasteiger partial charge is 0.258 e. The van der Waals surface area contributed by atoms with E-state index < -0.39 is 5.91 Å². The molecule has 29 heavy (non-hydrogen) atoms. The second-order valence-electron chi connectivity index (χ2n) is 6.50. The number of rotatable bonds is 5. The van der Waals surface area contributed by atoms with Gasteiger partial charge in [-0.05, 0) is 48.1 Å². The van der Waals surface area contributed by atoms with Crippen molar-refractivity contribution < 1.29 is 13.9 Å². The molecule has 1 aliphatic heterocycles. The standard InChI is InChI=1S/C20H20Cl2FN3O2S/c21-14-3-6-16(17(22)11-14)19(27)25-20(29)24-12-18(26-7-9-28-10-8-26)13-1-4-15(23)5-2-13/h1-6,11,18H,7-10,12H2,(H2,24,25,27,29)/t18-/m1/s1. The summed E-state index contributed by atoms with van der Waals surface area (Å²) in [6, 6.07) is 11.0. The summed E-state index contributed by atoms with van der Waals surface area (Å²) < 4.78 is 18.8. The summed E-state index contributed by atoms with van der Waals surface area (Å²) in [7, 11) is 0. The van der Waals surface area contributed by atoms with Gasteiger partial charge in [-0.2, -0.15) is 0 Å². The number of carbonyl (C=O) groups is 1. The number of ether oxygens (including phenoxy) is 1. The summed E-state index contributed by atoms with van der Waals surface area (Å²) in [5, 5.41) is 6.58. The quantitative estimate of drug-likeness (QED) is 0.671. The molecule has 0 aliphatic carbocycles. The van der Waals surface area contributed by atoms with Gasteiger partial charge in [0.1, 0.15) is 5.82 Å². The van der Waals surface area contributed by atoms with Gasteiger partial charge in [-0.25, -0.2) is 4.39 Å². The third kappa shape index (κ3) is 6.10. The average Bonchev–Trinajstić information content (AvgIpc) is 2.70. The monoisotopic (exact) mass is 455 g/mol. The van der Waals surface area contributed by atoms with E-state index in [1.807, 2.05) is 0 Å². The zero-order chi connectivity index (χ0) is 20.8. The number of nitrogens with one attached hydrogen (secondary N) is 2. The number of amides is 1. The lowest BCUT2D eigenvalue weighted by atomic mass is 10.0. The van der Waals surface area contributed by atoms with Crippen LogP contribution < -0.4 is 10.6 Å². The summed E-state index contributed by atoms with van der Waals surface area (Å²) in [6.45, 7) is 3.22. The Morgan fingerprint density at radius 2 is 1.86 bits per heavy atom. The molecule has 3 rings (SSSR count). The minimum atomic E-state index is -0.422. The lowest BCUT2D eigenvalue weighted by Crippen LogP contribution is -2.46. The van der Waals surface area contributed by atoms with Gasteiger partial charge < -0.3 is 10.1 Å². The van der Waals surface area contributed by atoms with Crippen molar-refractivity contribution in [3.8, 4) is 0 Å². The number of hydrogen-bond donors (Lipinski definition) is 2. The van der Waals surface area contributed by atoms with Crippen LogP contribution in [0.3, 0.4) is 0 Å². The van der Waals surface area contributed by atoms with E-state index in [2.05, 4.69) is 15.5 Å². The Hall–Kier alpha value is -1.77. The van der Waals surface area contributed by atoms with Gasteiger partial charge in [-0.3, -0.25) is 15.0 Å². The maximum Gasteiger partial charge on any atom is 0.258 e. The Morgan fingerprint density at radius 3 is 2.52 bits per heavy atom. The summed E-state index contributed by atoms with van der Waals surface area (Å²) in [6.07, 6.45) is 0. The second-order valence-corrected chi connectivity index (χ2v) is 7.76. The van der Waals surface area contributed by atoms with Gasteiger partial charge in [0.25, 0.3) is 5.91 Å². The maximum absolute atomic E-state index is 13.3. The summed E-state index contributed by atoms with van der Waals surface area (Å²) >= 11 is 17.2. The van der Waals surface area contributed by atoms with Crippen molar-refractivity contribution in [2.45, 2.75) is 6.04 Å². The number of halogens is 3. The molecule has 1 amide bonds. The van der Waals surface area contributed by atoms with E-state index in [4.69, 9.17) is 40.2 Å². The largest absolute Gasteiger partial charge is 0.379 e. The van der Waals surface area contributed by atoms with Gasteiger partial charge >= 0.3 is 0 Å². The SMILES string of the molecule is O=C(NC(=S)NC[C@H](c1ccc(F)cc1)N1CCOCC1)c1ccc(Cl)cc1Cl. The van der Waals surface area contributed by atoms with Crippen LogP contribution in [0, 0.1) is 5.82 Å². The highest BCUT2D eigenvalue weighted by Crippen LogP contribution is 2.22. The molecule has 0 bridgehead atoms. The lowest BCUT2D eigenvalue weighted by Gasteiger charge is -2.35. The third-order valence-electron chi connectivity index (χ3n) is 4.60. The van der Waals surface area contributed by atoms with Crippen LogP contribution in [-0.4, -0.2) is 48.8 Å². The molecule has 0 unspecified atom stereocenters. The van der Waals surface area contributed by atoms with Crippen LogP contribution >= 0.6 is 35.4 Å². The summed E-state index contributed by atoms with van der Waals surface area (Å²) in [4.78, 5) is 14.6. The Labute approximate surface area is 184 Å². The van der Waals surface area contributed by atoms with E-state index in [-0.39, 0.29) is 27.6 Å². The number of carbonyl (C=O) groups excluding carboxylic acids is 1. The molecule has 5 nitrogen and oxygen atoms in total. The van der Waals surface area contributed by atoms with Gasteiger partial charge in [0.05, 0.1) is 29.8 Å². The Morgan fingerprint density at radius 1 is 1.17 bits per heavy atom. The van der Waals surface area contributed by atoms with Gasteiger partial charge in [0, 0.05) is 24.7 Å². The number of hydrogen-bond acceptors (Lipinski definition) is 4. The molecule has 154 valence electrons. The number of benzene rings is 2. The van der Waals surface area contributed by atoms with Crippen LogP contribution in [0.2, 0.25) is 10.0 Å². The Balaban J connectivity index is 1.64. The van der Waals surface area contributed by atoms with E-state index in [0.717, 1.165) is 18.7 Å².